The molecule has 0 unspecified atom stereocenters. The van der Waals surface area contributed by atoms with Gasteiger partial charge in [-0.1, -0.05) is 0 Å². The monoisotopic (exact) mass is 395 g/mol. The molecule has 24 heavy (non-hydrogen) atoms. The first-order chi connectivity index (χ1) is 10.4. The number of imidazole rings is 1. The van der Waals surface area contributed by atoms with Crippen LogP contribution in [0.5, 0.6) is 0 Å². The quantitative estimate of drug-likeness (QED) is 0.616. The Bertz CT molecular complexity index is 691. The number of aryl methyl sites for hydroxylation is 1. The van der Waals surface area contributed by atoms with Crippen molar-refractivity contribution in [3.63, 3.8) is 0 Å². The molecule has 1 atom stereocenters. The first kappa shape index (κ1) is 22.6. The normalized spacial score (nSPS) is 11.2. The minimum atomic E-state index is -0.493. The zero-order chi connectivity index (χ0) is 16.3. The van der Waals surface area contributed by atoms with Crippen LogP contribution < -0.4 is 5.73 Å². The zero-order valence-corrected chi connectivity index (χ0v) is 15.9. The summed E-state index contributed by atoms with van der Waals surface area (Å²) in [5.74, 6) is -0.296. The molecule has 0 aliphatic heterocycles. The van der Waals surface area contributed by atoms with E-state index >= 15 is 0 Å². The maximum absolute atomic E-state index is 12.0. The standard InChI is InChI=1S/C14H18ClN5O2.2ClH/c1-4-22-13(21)12-18-10(7-20(12)6-9(3)16)11-8(2)5-17-14(15)19-11;;/h5,7,9H,4,6,16H2,1-3H3;2*1H/t9-;;/m1../s1. The summed E-state index contributed by atoms with van der Waals surface area (Å²) in [6, 6.07) is -0.134. The molecule has 0 aliphatic carbocycles. The lowest BCUT2D eigenvalue weighted by Crippen LogP contribution is -2.24. The Hall–Kier alpha value is -1.41. The van der Waals surface area contributed by atoms with Crippen LogP contribution in [0.2, 0.25) is 5.28 Å². The summed E-state index contributed by atoms with van der Waals surface area (Å²) >= 11 is 5.84. The summed E-state index contributed by atoms with van der Waals surface area (Å²) in [6.07, 6.45) is 3.33. The number of hydrogen-bond donors (Lipinski definition) is 1. The number of carbonyl (C=O) groups is 1. The summed E-state index contributed by atoms with van der Waals surface area (Å²) < 4.78 is 6.71. The van der Waals surface area contributed by atoms with Crippen molar-refractivity contribution < 1.29 is 9.53 Å². The smallest absolute Gasteiger partial charge is 0.374 e. The molecular weight excluding hydrogens is 377 g/mol. The number of carbonyl (C=O) groups excluding carboxylic acids is 1. The number of rotatable bonds is 5. The van der Waals surface area contributed by atoms with Crippen molar-refractivity contribution in [1.82, 2.24) is 19.5 Å². The summed E-state index contributed by atoms with van der Waals surface area (Å²) in [7, 11) is 0. The van der Waals surface area contributed by atoms with Gasteiger partial charge in [-0.3, -0.25) is 0 Å². The average molecular weight is 397 g/mol. The lowest BCUT2D eigenvalue weighted by atomic mass is 10.2. The van der Waals surface area contributed by atoms with Gasteiger partial charge in [0.1, 0.15) is 5.69 Å². The van der Waals surface area contributed by atoms with Gasteiger partial charge in [0.25, 0.3) is 0 Å². The fourth-order valence-corrected chi connectivity index (χ4v) is 2.15. The number of halogens is 3. The lowest BCUT2D eigenvalue weighted by molar-refractivity contribution is 0.0506. The van der Waals surface area contributed by atoms with E-state index in [2.05, 4.69) is 15.0 Å². The van der Waals surface area contributed by atoms with Gasteiger partial charge in [-0.2, -0.15) is 0 Å². The molecule has 0 saturated heterocycles. The van der Waals surface area contributed by atoms with Crippen LogP contribution in [0.1, 0.15) is 30.0 Å². The Morgan fingerprint density at radius 1 is 1.42 bits per heavy atom. The van der Waals surface area contributed by atoms with Crippen molar-refractivity contribution in [2.75, 3.05) is 6.61 Å². The van der Waals surface area contributed by atoms with Gasteiger partial charge in [0.05, 0.1) is 12.3 Å². The molecular formula is C14H20Cl3N5O2. The molecule has 0 bridgehead atoms. The van der Waals surface area contributed by atoms with Gasteiger partial charge >= 0.3 is 5.97 Å². The number of nitrogens with two attached hydrogens (primary N) is 1. The largest absolute Gasteiger partial charge is 0.460 e. The van der Waals surface area contributed by atoms with Crippen LogP contribution in [-0.2, 0) is 11.3 Å². The van der Waals surface area contributed by atoms with E-state index in [1.54, 1.807) is 23.9 Å². The number of nitrogens with zero attached hydrogens (tertiary/aromatic N) is 4. The van der Waals surface area contributed by atoms with E-state index in [4.69, 9.17) is 22.1 Å². The van der Waals surface area contributed by atoms with Crippen LogP contribution in [0.25, 0.3) is 11.4 Å². The van der Waals surface area contributed by atoms with Crippen LogP contribution in [0.4, 0.5) is 0 Å². The molecule has 0 fully saturated rings. The Morgan fingerprint density at radius 3 is 2.67 bits per heavy atom. The van der Waals surface area contributed by atoms with E-state index in [9.17, 15) is 4.79 Å². The van der Waals surface area contributed by atoms with Gasteiger partial charge in [0.15, 0.2) is 0 Å². The third kappa shape index (κ3) is 5.31. The highest BCUT2D eigenvalue weighted by molar-refractivity contribution is 6.28. The van der Waals surface area contributed by atoms with Crippen LogP contribution in [0, 0.1) is 6.92 Å². The molecule has 2 N–H and O–H groups in total. The molecule has 2 aromatic rings. The summed E-state index contributed by atoms with van der Waals surface area (Å²) in [5.41, 5.74) is 7.74. The van der Waals surface area contributed by atoms with Gasteiger partial charge in [-0.15, -0.1) is 24.8 Å². The molecule has 0 amide bonds. The van der Waals surface area contributed by atoms with E-state index in [0.717, 1.165) is 5.56 Å². The highest BCUT2D eigenvalue weighted by atomic mass is 35.5. The minimum Gasteiger partial charge on any atom is -0.460 e. The predicted octanol–water partition coefficient (Wildman–Crippen LogP) is 2.67. The summed E-state index contributed by atoms with van der Waals surface area (Å²) in [5, 5.41) is 0.125. The maximum atomic E-state index is 12.0. The molecule has 2 aromatic heterocycles. The summed E-state index contributed by atoms with van der Waals surface area (Å²) in [4.78, 5) is 24.5. The van der Waals surface area contributed by atoms with Crippen LogP contribution in [0.3, 0.4) is 0 Å². The highest BCUT2D eigenvalue weighted by Gasteiger charge is 2.20. The van der Waals surface area contributed by atoms with E-state index in [1.807, 2.05) is 13.8 Å². The molecule has 2 heterocycles. The predicted molar refractivity (Wildman–Crippen MR) is 97.1 cm³/mol. The van der Waals surface area contributed by atoms with Crippen molar-refractivity contribution in [1.29, 1.82) is 0 Å². The third-order valence-corrected chi connectivity index (χ3v) is 3.09. The second-order valence-electron chi connectivity index (χ2n) is 4.97. The number of hydrogen-bond acceptors (Lipinski definition) is 6. The van der Waals surface area contributed by atoms with Crippen LogP contribution in [-0.4, -0.2) is 38.1 Å². The fraction of sp³-hybridized carbons (Fsp3) is 0.429. The Balaban J connectivity index is 0.00000264. The molecule has 0 aromatic carbocycles. The van der Waals surface area contributed by atoms with E-state index in [-0.39, 0.29) is 48.6 Å². The zero-order valence-electron chi connectivity index (χ0n) is 13.5. The van der Waals surface area contributed by atoms with Gasteiger partial charge in [0.2, 0.25) is 11.1 Å². The number of esters is 1. The van der Waals surface area contributed by atoms with Gasteiger partial charge in [-0.25, -0.2) is 19.7 Å². The Labute approximate surface area is 157 Å². The Morgan fingerprint density at radius 2 is 2.08 bits per heavy atom. The third-order valence-electron chi connectivity index (χ3n) is 2.90. The maximum Gasteiger partial charge on any atom is 0.374 e. The highest BCUT2D eigenvalue weighted by Crippen LogP contribution is 2.22. The number of aromatic nitrogens is 4. The van der Waals surface area contributed by atoms with E-state index in [1.165, 1.54) is 0 Å². The van der Waals surface area contributed by atoms with Crippen molar-refractivity contribution in [2.24, 2.45) is 5.73 Å². The molecule has 0 radical (unpaired) electrons. The van der Waals surface area contributed by atoms with E-state index < -0.39 is 5.97 Å². The second kappa shape index (κ2) is 9.78. The molecule has 7 nitrogen and oxygen atoms in total. The molecule has 0 spiro atoms. The van der Waals surface area contributed by atoms with Crippen LogP contribution in [0.15, 0.2) is 12.4 Å². The Kier molecular flexibility index (Phi) is 9.21. The van der Waals surface area contributed by atoms with E-state index in [0.29, 0.717) is 17.9 Å². The van der Waals surface area contributed by atoms with Crippen molar-refractivity contribution in [2.45, 2.75) is 33.4 Å². The molecule has 0 saturated carbocycles. The molecule has 0 aliphatic rings. The first-order valence-corrected chi connectivity index (χ1v) is 7.29. The number of ether oxygens (including phenoxy) is 1. The minimum absolute atomic E-state index is 0. The first-order valence-electron chi connectivity index (χ1n) is 6.91. The summed E-state index contributed by atoms with van der Waals surface area (Å²) in [6.45, 7) is 6.16. The van der Waals surface area contributed by atoms with Crippen LogP contribution >= 0.6 is 36.4 Å². The fourth-order valence-electron chi connectivity index (χ4n) is 2.02. The SMILES string of the molecule is CCOC(=O)c1nc(-c2nc(Cl)ncc2C)cn1C[C@@H](C)N.Cl.Cl. The lowest BCUT2D eigenvalue weighted by Gasteiger charge is -2.09. The topological polar surface area (TPSA) is 95.9 Å². The molecule has 10 heteroatoms. The average Bonchev–Trinajstić information content (AvgIpc) is 2.84. The van der Waals surface area contributed by atoms with Crippen molar-refractivity contribution >= 4 is 42.4 Å². The van der Waals surface area contributed by atoms with Crippen molar-refractivity contribution in [3.05, 3.63) is 29.1 Å². The van der Waals surface area contributed by atoms with Gasteiger partial charge in [-0.05, 0) is 37.9 Å². The van der Waals surface area contributed by atoms with Gasteiger partial charge < -0.3 is 15.0 Å². The molecule has 134 valence electrons. The van der Waals surface area contributed by atoms with Gasteiger partial charge in [0, 0.05) is 25.0 Å². The molecule has 2 rings (SSSR count). The second-order valence-corrected chi connectivity index (χ2v) is 5.31. The van der Waals surface area contributed by atoms with Crippen molar-refractivity contribution in [3.8, 4) is 11.4 Å².